The second-order valence-electron chi connectivity index (χ2n) is 5.80. The second-order valence-corrected chi connectivity index (χ2v) is 7.53. The first-order chi connectivity index (χ1) is 11.0. The standard InChI is InChI=1S/C16H26N2O4S/c1-13-6-4-5-10-18(13)11-9-17-23(19,20)16-12-14(21-2)7-8-15(16)22-3/h7-8,12-13,17H,4-6,9-11H2,1-3H3/t13-/m1/s1. The highest BCUT2D eigenvalue weighted by Gasteiger charge is 2.22. The van der Waals surface area contributed by atoms with E-state index in [1.165, 1.54) is 39.5 Å². The van der Waals surface area contributed by atoms with Crippen molar-refractivity contribution in [1.29, 1.82) is 0 Å². The SMILES string of the molecule is COc1ccc(OC)c(S(=O)(=O)NCCN2CCCC[C@H]2C)c1. The first-order valence-corrected chi connectivity index (χ1v) is 9.42. The van der Waals surface area contributed by atoms with Crippen LogP contribution in [-0.2, 0) is 10.0 Å². The van der Waals surface area contributed by atoms with Crippen molar-refractivity contribution in [1.82, 2.24) is 9.62 Å². The van der Waals surface area contributed by atoms with Crippen molar-refractivity contribution < 1.29 is 17.9 Å². The summed E-state index contributed by atoms with van der Waals surface area (Å²) in [5.74, 6) is 0.792. The second kappa shape index (κ2) is 7.99. The molecule has 23 heavy (non-hydrogen) atoms. The monoisotopic (exact) mass is 342 g/mol. The molecule has 0 spiro atoms. The molecule has 1 aromatic carbocycles. The summed E-state index contributed by atoms with van der Waals surface area (Å²) in [5, 5.41) is 0. The van der Waals surface area contributed by atoms with E-state index in [-0.39, 0.29) is 4.90 Å². The van der Waals surface area contributed by atoms with E-state index in [0.717, 1.165) is 6.54 Å². The summed E-state index contributed by atoms with van der Waals surface area (Å²) in [4.78, 5) is 2.43. The van der Waals surface area contributed by atoms with Crippen LogP contribution in [0.5, 0.6) is 11.5 Å². The van der Waals surface area contributed by atoms with Gasteiger partial charge in [0.2, 0.25) is 10.0 Å². The smallest absolute Gasteiger partial charge is 0.244 e. The van der Waals surface area contributed by atoms with Gasteiger partial charge in [0.25, 0.3) is 0 Å². The Hall–Kier alpha value is -1.31. The summed E-state index contributed by atoms with van der Waals surface area (Å²) in [7, 11) is -0.678. The van der Waals surface area contributed by atoms with Crippen molar-refractivity contribution in [2.24, 2.45) is 0 Å². The minimum atomic E-state index is -3.64. The van der Waals surface area contributed by atoms with E-state index in [9.17, 15) is 8.42 Å². The largest absolute Gasteiger partial charge is 0.497 e. The molecule has 0 bridgehead atoms. The molecule has 130 valence electrons. The molecule has 2 rings (SSSR count). The first-order valence-electron chi connectivity index (χ1n) is 7.93. The van der Waals surface area contributed by atoms with Crippen LogP contribution in [0, 0.1) is 0 Å². The molecule has 1 heterocycles. The van der Waals surface area contributed by atoms with Crippen LogP contribution in [0.25, 0.3) is 0 Å². The van der Waals surface area contributed by atoms with Gasteiger partial charge >= 0.3 is 0 Å². The number of nitrogens with zero attached hydrogens (tertiary/aromatic N) is 1. The summed E-state index contributed by atoms with van der Waals surface area (Å²) < 4.78 is 38.0. The number of hydrogen-bond donors (Lipinski definition) is 1. The molecule has 1 N–H and O–H groups in total. The Kier molecular flexibility index (Phi) is 6.26. The van der Waals surface area contributed by atoms with Crippen molar-refractivity contribution in [3.63, 3.8) is 0 Å². The topological polar surface area (TPSA) is 67.9 Å². The predicted molar refractivity (Wildman–Crippen MR) is 89.6 cm³/mol. The molecule has 1 atom stereocenters. The summed E-state index contributed by atoms with van der Waals surface area (Å²) in [6, 6.07) is 5.26. The number of piperidine rings is 1. The zero-order valence-electron chi connectivity index (χ0n) is 14.0. The van der Waals surface area contributed by atoms with Gasteiger partial charge in [-0.25, -0.2) is 13.1 Å². The van der Waals surface area contributed by atoms with E-state index >= 15 is 0 Å². The Morgan fingerprint density at radius 1 is 1.26 bits per heavy atom. The highest BCUT2D eigenvalue weighted by atomic mass is 32.2. The fourth-order valence-corrected chi connectivity index (χ4v) is 4.09. The van der Waals surface area contributed by atoms with Crippen LogP contribution in [0.4, 0.5) is 0 Å². The molecule has 1 saturated heterocycles. The van der Waals surface area contributed by atoms with E-state index in [1.807, 2.05) is 0 Å². The zero-order valence-corrected chi connectivity index (χ0v) is 14.9. The molecule has 1 aliphatic rings. The number of benzene rings is 1. The quantitative estimate of drug-likeness (QED) is 0.819. The maximum absolute atomic E-state index is 12.5. The summed E-state index contributed by atoms with van der Waals surface area (Å²) >= 11 is 0. The van der Waals surface area contributed by atoms with Gasteiger partial charge in [-0.15, -0.1) is 0 Å². The predicted octanol–water partition coefficient (Wildman–Crippen LogP) is 1.86. The molecule has 6 nitrogen and oxygen atoms in total. The van der Waals surface area contributed by atoms with Crippen molar-refractivity contribution in [3.8, 4) is 11.5 Å². The van der Waals surface area contributed by atoms with E-state index < -0.39 is 10.0 Å². The molecule has 1 fully saturated rings. The van der Waals surface area contributed by atoms with Crippen LogP contribution in [0.1, 0.15) is 26.2 Å². The van der Waals surface area contributed by atoms with Crippen LogP contribution < -0.4 is 14.2 Å². The average molecular weight is 342 g/mol. The number of ether oxygens (including phenoxy) is 2. The lowest BCUT2D eigenvalue weighted by Gasteiger charge is -2.33. The lowest BCUT2D eigenvalue weighted by molar-refractivity contribution is 0.164. The fraction of sp³-hybridized carbons (Fsp3) is 0.625. The molecule has 7 heteroatoms. The Labute approximate surface area is 138 Å². The normalized spacial score (nSPS) is 19.5. The lowest BCUT2D eigenvalue weighted by Crippen LogP contribution is -2.42. The number of methoxy groups -OCH3 is 2. The maximum Gasteiger partial charge on any atom is 0.244 e. The number of hydrogen-bond acceptors (Lipinski definition) is 5. The third-order valence-corrected chi connectivity index (χ3v) is 5.77. The van der Waals surface area contributed by atoms with Crippen LogP contribution in [0.3, 0.4) is 0 Å². The Morgan fingerprint density at radius 3 is 2.70 bits per heavy atom. The molecule has 0 unspecified atom stereocenters. The Bertz CT molecular complexity index is 619. The molecule has 0 radical (unpaired) electrons. The number of likely N-dealkylation sites (tertiary alicyclic amines) is 1. The van der Waals surface area contributed by atoms with Crippen molar-refractivity contribution >= 4 is 10.0 Å². The van der Waals surface area contributed by atoms with Gasteiger partial charge in [0.1, 0.15) is 16.4 Å². The Balaban J connectivity index is 2.03. The molecular weight excluding hydrogens is 316 g/mol. The van der Waals surface area contributed by atoms with E-state index in [2.05, 4.69) is 16.5 Å². The van der Waals surface area contributed by atoms with Gasteiger partial charge in [0.15, 0.2) is 0 Å². The molecular formula is C16H26N2O4S. The van der Waals surface area contributed by atoms with Crippen LogP contribution >= 0.6 is 0 Å². The van der Waals surface area contributed by atoms with Gasteiger partial charge in [-0.3, -0.25) is 4.90 Å². The highest BCUT2D eigenvalue weighted by molar-refractivity contribution is 7.89. The van der Waals surface area contributed by atoms with Gasteiger partial charge in [-0.2, -0.15) is 0 Å². The highest BCUT2D eigenvalue weighted by Crippen LogP contribution is 2.27. The van der Waals surface area contributed by atoms with Crippen LogP contribution in [0.2, 0.25) is 0 Å². The van der Waals surface area contributed by atoms with Crippen molar-refractivity contribution in [3.05, 3.63) is 18.2 Å². The molecule has 0 saturated carbocycles. The third kappa shape index (κ3) is 4.59. The maximum atomic E-state index is 12.5. The molecule has 1 aliphatic heterocycles. The van der Waals surface area contributed by atoms with E-state index in [0.29, 0.717) is 30.6 Å². The molecule has 0 amide bonds. The van der Waals surface area contributed by atoms with Crippen LogP contribution in [0.15, 0.2) is 23.1 Å². The lowest BCUT2D eigenvalue weighted by atomic mass is 10.0. The van der Waals surface area contributed by atoms with E-state index in [1.54, 1.807) is 12.1 Å². The number of rotatable bonds is 7. The van der Waals surface area contributed by atoms with Crippen molar-refractivity contribution in [2.75, 3.05) is 33.9 Å². The third-order valence-electron chi connectivity index (χ3n) is 4.29. The van der Waals surface area contributed by atoms with Gasteiger partial charge in [-0.1, -0.05) is 6.42 Å². The molecule has 1 aromatic rings. The number of nitrogens with one attached hydrogen (secondary N) is 1. The minimum Gasteiger partial charge on any atom is -0.497 e. The van der Waals surface area contributed by atoms with Gasteiger partial charge < -0.3 is 9.47 Å². The van der Waals surface area contributed by atoms with Gasteiger partial charge in [0.05, 0.1) is 14.2 Å². The summed E-state index contributed by atoms with van der Waals surface area (Å²) in [5.41, 5.74) is 0. The van der Waals surface area contributed by atoms with Crippen molar-refractivity contribution in [2.45, 2.75) is 37.1 Å². The zero-order chi connectivity index (χ0) is 16.9. The summed E-state index contributed by atoms with van der Waals surface area (Å²) in [6.07, 6.45) is 3.61. The summed E-state index contributed by atoms with van der Waals surface area (Å²) in [6.45, 7) is 4.32. The Morgan fingerprint density at radius 2 is 2.04 bits per heavy atom. The fourth-order valence-electron chi connectivity index (χ4n) is 2.89. The van der Waals surface area contributed by atoms with Crippen LogP contribution in [-0.4, -0.2) is 53.2 Å². The van der Waals surface area contributed by atoms with E-state index in [4.69, 9.17) is 9.47 Å². The first kappa shape index (κ1) is 18.0. The van der Waals surface area contributed by atoms with Gasteiger partial charge in [-0.05, 0) is 38.4 Å². The van der Waals surface area contributed by atoms with Gasteiger partial charge in [0, 0.05) is 25.2 Å². The number of sulfonamides is 1. The minimum absolute atomic E-state index is 0.103. The average Bonchev–Trinajstić information content (AvgIpc) is 2.56. The molecule has 0 aliphatic carbocycles. The molecule has 0 aromatic heterocycles.